The van der Waals surface area contributed by atoms with Gasteiger partial charge in [0.2, 0.25) is 0 Å². The van der Waals surface area contributed by atoms with Gasteiger partial charge in [-0.1, -0.05) is 182 Å². The summed E-state index contributed by atoms with van der Waals surface area (Å²) < 4.78 is 0. The van der Waals surface area contributed by atoms with Crippen LogP contribution in [0.2, 0.25) is 0 Å². The van der Waals surface area contributed by atoms with Gasteiger partial charge in [0, 0.05) is 0 Å². The molecule has 1 aromatic heterocycles. The maximum Gasteiger partial charge on any atom is 0.200 e. The van der Waals surface area contributed by atoms with E-state index in [0.29, 0.717) is 0 Å². The molecule has 0 amide bonds. The molecule has 45 heavy (non-hydrogen) atoms. The minimum absolute atomic E-state index is 0.256. The molecule has 0 saturated carbocycles. The molecule has 0 aliphatic heterocycles. The number of tetrazole rings is 1. The Labute approximate surface area is 265 Å². The Morgan fingerprint density at radius 2 is 0.778 bits per heavy atom. The Kier molecular flexibility index (Phi) is 9.61. The zero-order valence-corrected chi connectivity index (χ0v) is 25.6. The fourth-order valence-electron chi connectivity index (χ4n) is 5.51. The van der Waals surface area contributed by atoms with Gasteiger partial charge in [-0.3, -0.25) is 0 Å². The Morgan fingerprint density at radius 1 is 0.467 bits per heavy atom. The van der Waals surface area contributed by atoms with Crippen molar-refractivity contribution in [2.24, 2.45) is 0 Å². The van der Waals surface area contributed by atoms with Gasteiger partial charge in [0.25, 0.3) is 0 Å². The van der Waals surface area contributed by atoms with E-state index >= 15 is 0 Å². The monoisotopic (exact) mass is 604 g/mol. The summed E-state index contributed by atoms with van der Waals surface area (Å²) in [4.78, 5) is 1.60. The predicted molar refractivity (Wildman–Crippen MR) is 183 cm³/mol. The van der Waals surface area contributed by atoms with E-state index in [0.717, 1.165) is 16.7 Å². The Morgan fingerprint density at radius 3 is 1.07 bits per heavy atom. The third kappa shape index (κ3) is 6.51. The van der Waals surface area contributed by atoms with Crippen LogP contribution >= 0.6 is 7.92 Å². The van der Waals surface area contributed by atoms with E-state index in [1.807, 2.05) is 54.6 Å². The quantitative estimate of drug-likeness (QED) is 0.160. The maximum atomic E-state index is 9.45. The molecule has 7 aromatic rings. The third-order valence-electron chi connectivity index (χ3n) is 7.51. The summed E-state index contributed by atoms with van der Waals surface area (Å²) in [5.74, 6) is 0.289. The lowest BCUT2D eigenvalue weighted by Crippen LogP contribution is -2.39. The van der Waals surface area contributed by atoms with Crippen molar-refractivity contribution < 1.29 is 5.11 Å². The van der Waals surface area contributed by atoms with Gasteiger partial charge >= 0.3 is 0 Å². The second kappa shape index (κ2) is 14.5. The summed E-state index contributed by atoms with van der Waals surface area (Å²) in [5, 5.41) is 26.4. The molecule has 1 heterocycles. The lowest BCUT2D eigenvalue weighted by Gasteiger charge is -2.34. The molecule has 0 unspecified atom stereocenters. The van der Waals surface area contributed by atoms with E-state index in [9.17, 15) is 5.11 Å². The van der Waals surface area contributed by atoms with Crippen LogP contribution in [0, 0.1) is 0 Å². The summed E-state index contributed by atoms with van der Waals surface area (Å²) in [6, 6.07) is 62.6. The summed E-state index contributed by atoms with van der Waals surface area (Å²) in [6.45, 7) is -0.256. The van der Waals surface area contributed by atoms with Crippen LogP contribution in [0.25, 0.3) is 0 Å². The Bertz CT molecular complexity index is 1680. The van der Waals surface area contributed by atoms with Gasteiger partial charge in [-0.25, -0.2) is 0 Å². The van der Waals surface area contributed by atoms with E-state index in [1.54, 1.807) is 4.80 Å². The maximum absolute atomic E-state index is 9.45. The van der Waals surface area contributed by atoms with Crippen LogP contribution in [-0.2, 0) is 12.1 Å². The minimum Gasteiger partial charge on any atom is -0.388 e. The molecule has 0 aliphatic carbocycles. The van der Waals surface area contributed by atoms with Crippen LogP contribution in [0.5, 0.6) is 0 Å². The molecular formula is C39H33N4OP. The second-order valence-electron chi connectivity index (χ2n) is 10.3. The number of nitrogens with zero attached hydrogens (tertiary/aromatic N) is 4. The molecule has 0 fully saturated rings. The lowest BCUT2D eigenvalue weighted by molar-refractivity contribution is 0.269. The summed E-state index contributed by atoms with van der Waals surface area (Å²) in [5.41, 5.74) is 2.25. The van der Waals surface area contributed by atoms with Gasteiger partial charge in [0.15, 0.2) is 11.4 Å². The number of aromatic nitrogens is 4. The first kappa shape index (κ1) is 29.8. The van der Waals surface area contributed by atoms with Crippen LogP contribution in [0.4, 0.5) is 0 Å². The number of aliphatic hydroxyl groups excluding tert-OH is 1. The van der Waals surface area contributed by atoms with Crippen LogP contribution in [0.15, 0.2) is 182 Å². The summed E-state index contributed by atoms with van der Waals surface area (Å²) >= 11 is 0. The van der Waals surface area contributed by atoms with Gasteiger partial charge in [-0.05, 0) is 45.7 Å². The first-order valence-corrected chi connectivity index (χ1v) is 16.2. The van der Waals surface area contributed by atoms with Gasteiger partial charge < -0.3 is 5.11 Å². The third-order valence-corrected chi connectivity index (χ3v) is 9.96. The van der Waals surface area contributed by atoms with Gasteiger partial charge in [0.05, 0.1) is 0 Å². The van der Waals surface area contributed by atoms with Crippen LogP contribution < -0.4 is 15.9 Å². The topological polar surface area (TPSA) is 63.8 Å². The number of benzene rings is 6. The average Bonchev–Trinajstić information content (AvgIpc) is 3.62. The van der Waals surface area contributed by atoms with Crippen LogP contribution in [0.1, 0.15) is 22.5 Å². The zero-order chi connectivity index (χ0) is 30.7. The predicted octanol–water partition coefficient (Wildman–Crippen LogP) is 6.45. The molecular weight excluding hydrogens is 571 g/mol. The number of hydrogen-bond acceptors (Lipinski definition) is 4. The first-order valence-electron chi connectivity index (χ1n) is 14.8. The van der Waals surface area contributed by atoms with Crippen molar-refractivity contribution >= 4 is 23.8 Å². The highest BCUT2D eigenvalue weighted by Crippen LogP contribution is 2.39. The molecule has 0 atom stereocenters. The van der Waals surface area contributed by atoms with Crippen molar-refractivity contribution in [1.29, 1.82) is 0 Å². The van der Waals surface area contributed by atoms with Crippen molar-refractivity contribution in [2.75, 3.05) is 0 Å². The highest BCUT2D eigenvalue weighted by Gasteiger charge is 2.41. The molecule has 6 heteroatoms. The lowest BCUT2D eigenvalue weighted by atomic mass is 9.77. The summed E-state index contributed by atoms with van der Waals surface area (Å²) in [6.07, 6.45) is 0. The molecule has 7 rings (SSSR count). The van der Waals surface area contributed by atoms with Crippen molar-refractivity contribution in [3.8, 4) is 0 Å². The fraction of sp³-hybridized carbons (Fsp3) is 0.0513. The first-order chi connectivity index (χ1) is 22.3. The molecule has 5 nitrogen and oxygen atoms in total. The smallest absolute Gasteiger partial charge is 0.200 e. The van der Waals surface area contributed by atoms with Crippen molar-refractivity contribution in [3.63, 3.8) is 0 Å². The molecule has 0 bridgehead atoms. The van der Waals surface area contributed by atoms with E-state index in [1.165, 1.54) is 15.9 Å². The molecule has 220 valence electrons. The van der Waals surface area contributed by atoms with E-state index in [2.05, 4.69) is 143 Å². The number of aliphatic hydroxyl groups is 1. The second-order valence-corrected chi connectivity index (χ2v) is 12.5. The highest BCUT2D eigenvalue weighted by molar-refractivity contribution is 7.79. The molecule has 0 aliphatic rings. The van der Waals surface area contributed by atoms with Gasteiger partial charge in [0.1, 0.15) is 6.61 Å². The van der Waals surface area contributed by atoms with Crippen molar-refractivity contribution in [3.05, 3.63) is 205 Å². The highest BCUT2D eigenvalue weighted by atomic mass is 31.1. The Balaban J connectivity index is 0.000000167. The number of hydrogen-bond donors (Lipinski definition) is 1. The zero-order valence-electron chi connectivity index (χ0n) is 24.7. The molecule has 0 radical (unpaired) electrons. The van der Waals surface area contributed by atoms with Gasteiger partial charge in [-0.15, -0.1) is 15.0 Å². The SMILES string of the molecule is OCc1nnn(C(c2ccccc2)(c2ccccc2)c2ccccc2)n1.c1ccc(P(c2ccccc2)c2ccccc2)cc1. The molecule has 1 N–H and O–H groups in total. The number of rotatable bonds is 8. The van der Waals surface area contributed by atoms with Crippen molar-refractivity contribution in [1.82, 2.24) is 20.2 Å². The normalized spacial score (nSPS) is 11.1. The molecule has 0 spiro atoms. The Hall–Kier alpha value is -5.22. The fourth-order valence-corrected chi connectivity index (χ4v) is 7.82. The van der Waals surface area contributed by atoms with E-state index in [4.69, 9.17) is 0 Å². The van der Waals surface area contributed by atoms with E-state index < -0.39 is 13.5 Å². The summed E-state index contributed by atoms with van der Waals surface area (Å²) in [7, 11) is -0.446. The van der Waals surface area contributed by atoms with Crippen molar-refractivity contribution in [2.45, 2.75) is 12.1 Å². The molecule has 0 saturated heterocycles. The van der Waals surface area contributed by atoms with Crippen LogP contribution in [-0.4, -0.2) is 25.3 Å². The average molecular weight is 605 g/mol. The standard InChI is InChI=1S/C21H18N4O.C18H15P/c26-16-20-22-24-25(23-20)21(17-10-4-1-5-11-17,18-12-6-2-7-13-18)19-14-8-3-9-15-19;1-4-10-16(11-5-1)19(17-12-6-2-7-13-17)18-14-8-3-9-15-18/h1-15,26H,16H2;1-15H. The minimum atomic E-state index is -0.788. The van der Waals surface area contributed by atoms with Gasteiger partial charge in [-0.2, -0.15) is 0 Å². The molecule has 6 aromatic carbocycles. The largest absolute Gasteiger partial charge is 0.388 e. The van der Waals surface area contributed by atoms with Crippen LogP contribution in [0.3, 0.4) is 0 Å². The van der Waals surface area contributed by atoms with E-state index in [-0.39, 0.29) is 12.4 Å².